The molecular weight excluding hydrogens is 253 g/mol. The lowest BCUT2D eigenvalue weighted by Crippen LogP contribution is -2.28. The number of nitrogens with zero attached hydrogens (tertiary/aromatic N) is 1. The smallest absolute Gasteiger partial charge is 0.316 e. The standard InChI is InChI=1S/C12H16NO2PS/c1-3-9-13-10-11-7-5-6-8-12(11)15-16(13,17)14-4-2/h3,5-8H,1,4,9-10H2,2H3. The third-order valence-electron chi connectivity index (χ3n) is 2.52. The molecule has 0 aromatic heterocycles. The minimum absolute atomic E-state index is 0.563. The van der Waals surface area contributed by atoms with Gasteiger partial charge in [-0.05, 0) is 24.8 Å². The molecule has 0 fully saturated rings. The summed E-state index contributed by atoms with van der Waals surface area (Å²) in [5.74, 6) is 0.851. The second-order valence-corrected chi connectivity index (χ2v) is 7.05. The van der Waals surface area contributed by atoms with Crippen LogP contribution in [-0.2, 0) is 22.9 Å². The predicted octanol–water partition coefficient (Wildman–Crippen LogP) is 3.33. The van der Waals surface area contributed by atoms with Crippen LogP contribution in [0.5, 0.6) is 5.75 Å². The van der Waals surface area contributed by atoms with E-state index in [-0.39, 0.29) is 0 Å². The summed E-state index contributed by atoms with van der Waals surface area (Å²) < 4.78 is 13.6. The molecule has 0 bridgehead atoms. The topological polar surface area (TPSA) is 21.7 Å². The van der Waals surface area contributed by atoms with Crippen LogP contribution in [-0.4, -0.2) is 17.8 Å². The van der Waals surface area contributed by atoms with E-state index in [1.807, 2.05) is 31.2 Å². The lowest BCUT2D eigenvalue weighted by atomic mass is 10.2. The molecule has 0 radical (unpaired) electrons. The number of hydrogen-bond donors (Lipinski definition) is 0. The maximum atomic E-state index is 5.91. The van der Waals surface area contributed by atoms with E-state index in [0.29, 0.717) is 13.2 Å². The molecule has 2 rings (SSSR count). The molecule has 0 amide bonds. The average Bonchev–Trinajstić information content (AvgIpc) is 2.30. The molecule has 0 spiro atoms. The Morgan fingerprint density at radius 3 is 3.06 bits per heavy atom. The van der Waals surface area contributed by atoms with Crippen molar-refractivity contribution in [1.29, 1.82) is 0 Å². The summed E-state index contributed by atoms with van der Waals surface area (Å²) in [4.78, 5) is 0. The second-order valence-electron chi connectivity index (χ2n) is 3.72. The highest BCUT2D eigenvalue weighted by atomic mass is 32.5. The summed E-state index contributed by atoms with van der Waals surface area (Å²) in [5, 5.41) is 0. The van der Waals surface area contributed by atoms with Gasteiger partial charge in [0.05, 0.1) is 6.61 Å². The Bertz CT molecular complexity index is 464. The van der Waals surface area contributed by atoms with Crippen LogP contribution in [0, 0.1) is 0 Å². The molecule has 1 aromatic rings. The number of para-hydroxylation sites is 1. The van der Waals surface area contributed by atoms with E-state index in [1.165, 1.54) is 0 Å². The van der Waals surface area contributed by atoms with Crippen molar-refractivity contribution in [3.05, 3.63) is 42.5 Å². The summed E-state index contributed by atoms with van der Waals surface area (Å²) in [6.45, 7) is 5.32. The van der Waals surface area contributed by atoms with Gasteiger partial charge in [-0.3, -0.25) is 0 Å². The average molecular weight is 269 g/mol. The second kappa shape index (κ2) is 5.32. The molecule has 1 aromatic carbocycles. The first-order valence-corrected chi connectivity index (χ1v) is 8.17. The lowest BCUT2D eigenvalue weighted by molar-refractivity contribution is 0.259. The van der Waals surface area contributed by atoms with Gasteiger partial charge in [0.25, 0.3) is 0 Å². The van der Waals surface area contributed by atoms with Crippen LogP contribution in [0.15, 0.2) is 36.9 Å². The number of rotatable bonds is 4. The zero-order valence-electron chi connectivity index (χ0n) is 9.83. The first-order chi connectivity index (χ1) is 8.19. The van der Waals surface area contributed by atoms with Crippen molar-refractivity contribution in [2.24, 2.45) is 0 Å². The highest BCUT2D eigenvalue weighted by Gasteiger charge is 2.34. The largest absolute Gasteiger partial charge is 0.432 e. The van der Waals surface area contributed by atoms with Crippen LogP contribution >= 0.6 is 6.64 Å². The highest BCUT2D eigenvalue weighted by Crippen LogP contribution is 2.56. The van der Waals surface area contributed by atoms with Crippen molar-refractivity contribution in [2.75, 3.05) is 13.2 Å². The van der Waals surface area contributed by atoms with Crippen LogP contribution in [0.2, 0.25) is 0 Å². The van der Waals surface area contributed by atoms with Crippen molar-refractivity contribution in [1.82, 2.24) is 4.67 Å². The van der Waals surface area contributed by atoms with Gasteiger partial charge in [0.1, 0.15) is 5.75 Å². The summed E-state index contributed by atoms with van der Waals surface area (Å²) >= 11 is 5.56. The Morgan fingerprint density at radius 1 is 1.59 bits per heavy atom. The normalized spacial score (nSPS) is 23.8. The molecule has 17 heavy (non-hydrogen) atoms. The van der Waals surface area contributed by atoms with Gasteiger partial charge in [-0.1, -0.05) is 24.3 Å². The third kappa shape index (κ3) is 2.61. The lowest BCUT2D eigenvalue weighted by Gasteiger charge is -2.37. The van der Waals surface area contributed by atoms with Crippen LogP contribution in [0.4, 0.5) is 0 Å². The van der Waals surface area contributed by atoms with E-state index in [9.17, 15) is 0 Å². The Labute approximate surface area is 107 Å². The van der Waals surface area contributed by atoms with Gasteiger partial charge < -0.3 is 9.05 Å². The van der Waals surface area contributed by atoms with Gasteiger partial charge in [-0.15, -0.1) is 6.58 Å². The molecule has 1 aliphatic heterocycles. The van der Waals surface area contributed by atoms with Crippen LogP contribution in [0.3, 0.4) is 0 Å². The van der Waals surface area contributed by atoms with E-state index in [4.69, 9.17) is 20.9 Å². The maximum Gasteiger partial charge on any atom is 0.316 e. The van der Waals surface area contributed by atoms with Crippen molar-refractivity contribution >= 4 is 18.4 Å². The van der Waals surface area contributed by atoms with Crippen LogP contribution in [0.1, 0.15) is 12.5 Å². The molecule has 0 N–H and O–H groups in total. The Kier molecular flexibility index (Phi) is 4.00. The fourth-order valence-corrected chi connectivity index (χ4v) is 4.43. The molecule has 1 atom stereocenters. The minimum Gasteiger partial charge on any atom is -0.432 e. The Hall–Kier alpha value is -0.670. The molecule has 92 valence electrons. The fraction of sp³-hybridized carbons (Fsp3) is 0.333. The van der Waals surface area contributed by atoms with Crippen LogP contribution in [0.25, 0.3) is 0 Å². The maximum absolute atomic E-state index is 5.91. The van der Waals surface area contributed by atoms with Gasteiger partial charge in [0.2, 0.25) is 0 Å². The van der Waals surface area contributed by atoms with E-state index < -0.39 is 6.64 Å². The Morgan fingerprint density at radius 2 is 2.35 bits per heavy atom. The summed E-state index contributed by atoms with van der Waals surface area (Å²) in [6.07, 6.45) is 1.83. The van der Waals surface area contributed by atoms with Crippen molar-refractivity contribution in [3.8, 4) is 5.75 Å². The molecule has 0 aliphatic carbocycles. The van der Waals surface area contributed by atoms with Crippen molar-refractivity contribution in [2.45, 2.75) is 13.5 Å². The first kappa shape index (κ1) is 12.8. The summed E-state index contributed by atoms with van der Waals surface area (Å²) in [7, 11) is 0. The molecule has 1 aliphatic rings. The molecular formula is C12H16NO2PS. The SMILES string of the molecule is C=CCN1Cc2ccccc2OP1(=S)OCC. The fourth-order valence-electron chi connectivity index (χ4n) is 1.77. The minimum atomic E-state index is -2.38. The quantitative estimate of drug-likeness (QED) is 0.617. The molecule has 1 unspecified atom stereocenters. The van der Waals surface area contributed by atoms with E-state index in [2.05, 4.69) is 17.3 Å². The predicted molar refractivity (Wildman–Crippen MR) is 73.6 cm³/mol. The van der Waals surface area contributed by atoms with Gasteiger partial charge in [-0.2, -0.15) is 0 Å². The van der Waals surface area contributed by atoms with Gasteiger partial charge in [-0.25, -0.2) is 4.67 Å². The summed E-state index contributed by atoms with van der Waals surface area (Å²) in [5.41, 5.74) is 1.15. The monoisotopic (exact) mass is 269 g/mol. The molecule has 0 saturated heterocycles. The van der Waals surface area contributed by atoms with Crippen LogP contribution < -0.4 is 4.52 Å². The summed E-state index contributed by atoms with van der Waals surface area (Å²) in [6, 6.07) is 7.95. The highest BCUT2D eigenvalue weighted by molar-refractivity contribution is 8.08. The zero-order valence-corrected chi connectivity index (χ0v) is 11.5. The van der Waals surface area contributed by atoms with Gasteiger partial charge in [0.15, 0.2) is 0 Å². The van der Waals surface area contributed by atoms with Gasteiger partial charge in [0, 0.05) is 18.7 Å². The van der Waals surface area contributed by atoms with Gasteiger partial charge >= 0.3 is 6.64 Å². The van der Waals surface area contributed by atoms with Crippen molar-refractivity contribution < 1.29 is 9.05 Å². The zero-order chi connectivity index (χ0) is 12.3. The number of fused-ring (bicyclic) bond motifs is 1. The third-order valence-corrected chi connectivity index (χ3v) is 5.76. The number of benzene rings is 1. The molecule has 0 saturated carbocycles. The Balaban J connectivity index is 2.34. The molecule has 3 nitrogen and oxygen atoms in total. The van der Waals surface area contributed by atoms with E-state index in [1.54, 1.807) is 0 Å². The van der Waals surface area contributed by atoms with E-state index >= 15 is 0 Å². The molecule has 1 heterocycles. The van der Waals surface area contributed by atoms with E-state index in [0.717, 1.165) is 17.9 Å². The number of hydrogen-bond acceptors (Lipinski definition) is 3. The molecule has 5 heteroatoms. The van der Waals surface area contributed by atoms with Crippen molar-refractivity contribution in [3.63, 3.8) is 0 Å². The first-order valence-electron chi connectivity index (χ1n) is 5.58.